The number of fused-ring (bicyclic) bond motifs is 1. The highest BCUT2D eigenvalue weighted by Crippen LogP contribution is 2.35. The van der Waals surface area contributed by atoms with Crippen LogP contribution in [0.5, 0.6) is 0 Å². The average molecular weight is 289 g/mol. The number of benzene rings is 1. The number of hydrogen-bond acceptors (Lipinski definition) is 3. The second-order valence-corrected chi connectivity index (χ2v) is 5.76. The summed E-state index contributed by atoms with van der Waals surface area (Å²) in [6, 6.07) is 6.94. The second-order valence-electron chi connectivity index (χ2n) is 5.76. The fourth-order valence-corrected chi connectivity index (χ4v) is 3.16. The Morgan fingerprint density at radius 1 is 1.33 bits per heavy atom. The van der Waals surface area contributed by atoms with Crippen LogP contribution in [0.15, 0.2) is 24.3 Å². The van der Waals surface area contributed by atoms with Crippen molar-refractivity contribution in [2.75, 3.05) is 13.2 Å². The first kappa shape index (κ1) is 14.1. The molecule has 3 rings (SSSR count). The fourth-order valence-electron chi connectivity index (χ4n) is 3.16. The van der Waals surface area contributed by atoms with Crippen LogP contribution in [-0.4, -0.2) is 36.2 Å². The predicted octanol–water partition coefficient (Wildman–Crippen LogP) is 1.32. The molecule has 1 saturated heterocycles. The lowest BCUT2D eigenvalue weighted by Gasteiger charge is -2.33. The summed E-state index contributed by atoms with van der Waals surface area (Å²) in [6.45, 7) is 1.07. The van der Waals surface area contributed by atoms with E-state index >= 15 is 0 Å². The summed E-state index contributed by atoms with van der Waals surface area (Å²) in [5.41, 5.74) is 2.18. The van der Waals surface area contributed by atoms with Gasteiger partial charge in [-0.2, -0.15) is 0 Å². The summed E-state index contributed by atoms with van der Waals surface area (Å²) in [5.74, 6) is -1.53. The second kappa shape index (κ2) is 5.85. The molecule has 112 valence electrons. The molecule has 5 nitrogen and oxygen atoms in total. The van der Waals surface area contributed by atoms with Gasteiger partial charge in [0, 0.05) is 12.5 Å². The SMILES string of the molecule is O=C(NC(C(=O)O)C1CCCOC1)C1Cc2ccccc21. The molecule has 2 aliphatic rings. The van der Waals surface area contributed by atoms with Gasteiger partial charge in [0.25, 0.3) is 0 Å². The third-order valence-corrected chi connectivity index (χ3v) is 4.40. The maximum Gasteiger partial charge on any atom is 0.326 e. The van der Waals surface area contributed by atoms with Crippen LogP contribution in [0.2, 0.25) is 0 Å². The molecule has 0 bridgehead atoms. The molecule has 3 atom stereocenters. The highest BCUT2D eigenvalue weighted by Gasteiger charge is 2.37. The number of rotatable bonds is 4. The van der Waals surface area contributed by atoms with E-state index < -0.39 is 12.0 Å². The summed E-state index contributed by atoms with van der Waals surface area (Å²) in [6.07, 6.45) is 2.31. The molecule has 1 amide bonds. The first-order valence-corrected chi connectivity index (χ1v) is 7.35. The number of hydrogen-bond donors (Lipinski definition) is 2. The van der Waals surface area contributed by atoms with Crippen LogP contribution in [0.25, 0.3) is 0 Å². The molecule has 1 heterocycles. The van der Waals surface area contributed by atoms with Gasteiger partial charge >= 0.3 is 5.97 Å². The molecule has 5 heteroatoms. The van der Waals surface area contributed by atoms with Crippen LogP contribution in [0.4, 0.5) is 0 Å². The first-order chi connectivity index (χ1) is 10.2. The third-order valence-electron chi connectivity index (χ3n) is 4.40. The van der Waals surface area contributed by atoms with E-state index in [1.165, 1.54) is 5.56 Å². The van der Waals surface area contributed by atoms with Gasteiger partial charge in [0.15, 0.2) is 0 Å². The molecule has 1 aliphatic carbocycles. The van der Waals surface area contributed by atoms with Crippen LogP contribution in [0.1, 0.15) is 29.9 Å². The summed E-state index contributed by atoms with van der Waals surface area (Å²) in [5, 5.41) is 12.1. The summed E-state index contributed by atoms with van der Waals surface area (Å²) >= 11 is 0. The van der Waals surface area contributed by atoms with Gasteiger partial charge in [-0.15, -0.1) is 0 Å². The summed E-state index contributed by atoms with van der Waals surface area (Å²) in [7, 11) is 0. The predicted molar refractivity (Wildman–Crippen MR) is 76.0 cm³/mol. The highest BCUT2D eigenvalue weighted by molar-refractivity contribution is 5.90. The zero-order valence-electron chi connectivity index (χ0n) is 11.7. The largest absolute Gasteiger partial charge is 0.480 e. The molecule has 0 aromatic heterocycles. The van der Waals surface area contributed by atoms with Crippen LogP contribution >= 0.6 is 0 Å². The van der Waals surface area contributed by atoms with Crippen molar-refractivity contribution in [2.45, 2.75) is 31.2 Å². The number of carboxylic acids is 1. The molecular weight excluding hydrogens is 270 g/mol. The van der Waals surface area contributed by atoms with Gasteiger partial charge in [0.2, 0.25) is 5.91 Å². The van der Waals surface area contributed by atoms with Crippen molar-refractivity contribution in [3.05, 3.63) is 35.4 Å². The molecule has 1 aliphatic heterocycles. The van der Waals surface area contributed by atoms with E-state index in [9.17, 15) is 14.7 Å². The van der Waals surface area contributed by atoms with E-state index in [0.29, 0.717) is 19.6 Å². The number of aliphatic carboxylic acids is 1. The topological polar surface area (TPSA) is 75.6 Å². The molecule has 0 radical (unpaired) electrons. The maximum absolute atomic E-state index is 12.3. The smallest absolute Gasteiger partial charge is 0.326 e. The number of ether oxygens (including phenoxy) is 1. The number of amides is 1. The molecular formula is C16H19NO4. The van der Waals surface area contributed by atoms with Gasteiger partial charge in [-0.3, -0.25) is 4.79 Å². The van der Waals surface area contributed by atoms with E-state index in [1.807, 2.05) is 24.3 Å². The Kier molecular flexibility index (Phi) is 3.92. The lowest BCUT2D eigenvalue weighted by Crippen LogP contribution is -2.50. The number of carbonyl (C=O) groups excluding carboxylic acids is 1. The molecule has 1 aromatic carbocycles. The van der Waals surface area contributed by atoms with E-state index in [-0.39, 0.29) is 17.7 Å². The van der Waals surface area contributed by atoms with Crippen LogP contribution < -0.4 is 5.32 Å². The average Bonchev–Trinajstić information content (AvgIpc) is 2.46. The van der Waals surface area contributed by atoms with Crippen molar-refractivity contribution in [3.8, 4) is 0 Å². The Hall–Kier alpha value is -1.88. The third kappa shape index (κ3) is 2.78. The van der Waals surface area contributed by atoms with E-state index in [1.54, 1.807) is 0 Å². The van der Waals surface area contributed by atoms with Gasteiger partial charge in [0.1, 0.15) is 6.04 Å². The van der Waals surface area contributed by atoms with Gasteiger partial charge in [-0.25, -0.2) is 4.79 Å². The summed E-state index contributed by atoms with van der Waals surface area (Å²) in [4.78, 5) is 23.8. The molecule has 21 heavy (non-hydrogen) atoms. The molecule has 3 unspecified atom stereocenters. The van der Waals surface area contributed by atoms with Crippen LogP contribution in [-0.2, 0) is 20.7 Å². The van der Waals surface area contributed by atoms with Crippen molar-refractivity contribution in [3.63, 3.8) is 0 Å². The van der Waals surface area contributed by atoms with Crippen molar-refractivity contribution >= 4 is 11.9 Å². The van der Waals surface area contributed by atoms with Gasteiger partial charge < -0.3 is 15.2 Å². The van der Waals surface area contributed by atoms with Crippen molar-refractivity contribution in [2.24, 2.45) is 5.92 Å². The lowest BCUT2D eigenvalue weighted by atomic mass is 9.77. The minimum atomic E-state index is -0.980. The Bertz CT molecular complexity index is 551. The number of nitrogens with one attached hydrogen (secondary N) is 1. The van der Waals surface area contributed by atoms with E-state index in [0.717, 1.165) is 18.4 Å². The molecule has 1 aromatic rings. The van der Waals surface area contributed by atoms with E-state index in [4.69, 9.17) is 4.74 Å². The Morgan fingerprint density at radius 3 is 2.81 bits per heavy atom. The van der Waals surface area contributed by atoms with Crippen molar-refractivity contribution in [1.29, 1.82) is 0 Å². The maximum atomic E-state index is 12.3. The number of carbonyl (C=O) groups is 2. The van der Waals surface area contributed by atoms with Crippen LogP contribution in [0, 0.1) is 5.92 Å². The Labute approximate surface area is 123 Å². The molecule has 0 saturated carbocycles. The first-order valence-electron chi connectivity index (χ1n) is 7.35. The van der Waals surface area contributed by atoms with Crippen molar-refractivity contribution < 1.29 is 19.4 Å². The fraction of sp³-hybridized carbons (Fsp3) is 0.500. The Balaban J connectivity index is 1.66. The quantitative estimate of drug-likeness (QED) is 0.876. The zero-order chi connectivity index (χ0) is 14.8. The van der Waals surface area contributed by atoms with Crippen molar-refractivity contribution in [1.82, 2.24) is 5.32 Å². The van der Waals surface area contributed by atoms with Gasteiger partial charge in [-0.05, 0) is 30.4 Å². The molecule has 1 fully saturated rings. The van der Waals surface area contributed by atoms with Gasteiger partial charge in [0.05, 0.1) is 12.5 Å². The van der Waals surface area contributed by atoms with E-state index in [2.05, 4.69) is 5.32 Å². The molecule has 0 spiro atoms. The zero-order valence-corrected chi connectivity index (χ0v) is 11.7. The lowest BCUT2D eigenvalue weighted by molar-refractivity contribution is -0.145. The van der Waals surface area contributed by atoms with Crippen LogP contribution in [0.3, 0.4) is 0 Å². The standard InChI is InChI=1S/C16H19NO4/c18-15(13-8-10-4-1-2-6-12(10)13)17-14(16(19)20)11-5-3-7-21-9-11/h1-2,4,6,11,13-14H,3,5,7-9H2,(H,17,18)(H,19,20). The Morgan fingerprint density at radius 2 is 2.14 bits per heavy atom. The highest BCUT2D eigenvalue weighted by atomic mass is 16.5. The number of carboxylic acid groups (broad SMARTS) is 1. The normalized spacial score (nSPS) is 25.3. The minimum Gasteiger partial charge on any atom is -0.480 e. The molecule has 2 N–H and O–H groups in total. The van der Waals surface area contributed by atoms with Gasteiger partial charge in [-0.1, -0.05) is 24.3 Å². The summed E-state index contributed by atoms with van der Waals surface area (Å²) < 4.78 is 5.34. The minimum absolute atomic E-state index is 0.143. The monoisotopic (exact) mass is 289 g/mol.